The van der Waals surface area contributed by atoms with Gasteiger partial charge in [-0.15, -0.1) is 0 Å². The van der Waals surface area contributed by atoms with Gasteiger partial charge < -0.3 is 20.3 Å². The summed E-state index contributed by atoms with van der Waals surface area (Å²) in [6.07, 6.45) is 8.73. The van der Waals surface area contributed by atoms with Gasteiger partial charge in [-0.25, -0.2) is 0 Å². The van der Waals surface area contributed by atoms with Crippen molar-refractivity contribution < 1.29 is 19.1 Å². The van der Waals surface area contributed by atoms with Crippen LogP contribution >= 0.6 is 34.8 Å². The van der Waals surface area contributed by atoms with Crippen LogP contribution in [0.25, 0.3) is 0 Å². The lowest BCUT2D eigenvalue weighted by Crippen LogP contribution is -2.56. The van der Waals surface area contributed by atoms with Crippen molar-refractivity contribution in [3.05, 3.63) is 75.2 Å². The summed E-state index contributed by atoms with van der Waals surface area (Å²) in [4.78, 5) is 43.6. The van der Waals surface area contributed by atoms with E-state index < -0.39 is 29.1 Å². The third-order valence-corrected chi connectivity index (χ3v) is 9.72. The average Bonchev–Trinajstić information content (AvgIpc) is 3.49. The first-order valence-electron chi connectivity index (χ1n) is 13.6. The SMILES string of the molecule is CC12C=CC3(O1)C(C(=O)N(Cc1ccc(Cl)cc1)C3C(=O)NC1CCCCC1)C2C(=O)Nc1ccc(Cl)c(Cl)c1. The fraction of sp³-hybridized carbons (Fsp3) is 0.433. The molecule has 1 spiro atoms. The Hall–Kier alpha value is -2.58. The summed E-state index contributed by atoms with van der Waals surface area (Å²) in [5.74, 6) is -2.66. The Kier molecular flexibility index (Phi) is 7.14. The summed E-state index contributed by atoms with van der Waals surface area (Å²) in [7, 11) is 0. The molecule has 4 aliphatic rings. The predicted molar refractivity (Wildman–Crippen MR) is 154 cm³/mol. The number of anilines is 1. The molecule has 1 saturated carbocycles. The molecule has 210 valence electrons. The summed E-state index contributed by atoms with van der Waals surface area (Å²) in [6, 6.07) is 11.1. The first kappa shape index (κ1) is 27.6. The van der Waals surface area contributed by atoms with Gasteiger partial charge in [0, 0.05) is 23.3 Å². The number of nitrogens with zero attached hydrogens (tertiary/aromatic N) is 1. The number of amides is 3. The van der Waals surface area contributed by atoms with E-state index in [0.29, 0.717) is 20.8 Å². The molecule has 6 rings (SSSR count). The lowest BCUT2D eigenvalue weighted by molar-refractivity contribution is -0.145. The molecule has 0 radical (unpaired) electrons. The Bertz CT molecular complexity index is 1390. The molecule has 5 unspecified atom stereocenters. The zero-order chi connectivity index (χ0) is 28.2. The van der Waals surface area contributed by atoms with Crippen molar-refractivity contribution >= 4 is 58.2 Å². The van der Waals surface area contributed by atoms with Crippen LogP contribution in [0.1, 0.15) is 44.6 Å². The van der Waals surface area contributed by atoms with E-state index in [1.54, 1.807) is 42.2 Å². The number of likely N-dealkylation sites (tertiary alicyclic amines) is 1. The van der Waals surface area contributed by atoms with Crippen LogP contribution < -0.4 is 10.6 Å². The molecule has 1 aliphatic carbocycles. The van der Waals surface area contributed by atoms with E-state index in [1.807, 2.05) is 24.3 Å². The quantitative estimate of drug-likeness (QED) is 0.411. The number of halogens is 3. The van der Waals surface area contributed by atoms with Crippen molar-refractivity contribution in [2.45, 2.75) is 68.9 Å². The lowest BCUT2D eigenvalue weighted by Gasteiger charge is -2.34. The number of hydrogen-bond donors (Lipinski definition) is 2. The van der Waals surface area contributed by atoms with Gasteiger partial charge in [0.25, 0.3) is 0 Å². The molecule has 5 atom stereocenters. The van der Waals surface area contributed by atoms with E-state index in [-0.39, 0.29) is 30.3 Å². The molecule has 3 amide bonds. The first-order chi connectivity index (χ1) is 19.1. The molecule has 40 heavy (non-hydrogen) atoms. The Morgan fingerprint density at radius 1 is 0.975 bits per heavy atom. The van der Waals surface area contributed by atoms with Crippen molar-refractivity contribution in [1.82, 2.24) is 10.2 Å². The third-order valence-electron chi connectivity index (χ3n) is 8.73. The van der Waals surface area contributed by atoms with Crippen LogP contribution in [0.4, 0.5) is 5.69 Å². The maximum absolute atomic E-state index is 14.2. The average molecular weight is 603 g/mol. The molecular weight excluding hydrogens is 573 g/mol. The number of benzene rings is 2. The summed E-state index contributed by atoms with van der Waals surface area (Å²) in [6.45, 7) is 1.98. The largest absolute Gasteiger partial charge is 0.356 e. The molecule has 7 nitrogen and oxygen atoms in total. The van der Waals surface area contributed by atoms with Gasteiger partial charge in [-0.1, -0.05) is 78.4 Å². The van der Waals surface area contributed by atoms with Crippen molar-refractivity contribution in [3.8, 4) is 0 Å². The van der Waals surface area contributed by atoms with Gasteiger partial charge in [-0.05, 0) is 55.7 Å². The number of nitrogens with one attached hydrogen (secondary N) is 2. The molecule has 2 bridgehead atoms. The summed E-state index contributed by atoms with van der Waals surface area (Å²) in [5.41, 5.74) is -1.04. The van der Waals surface area contributed by atoms with Crippen LogP contribution in [0.3, 0.4) is 0 Å². The maximum Gasteiger partial charge on any atom is 0.246 e. The van der Waals surface area contributed by atoms with Crippen molar-refractivity contribution in [2.24, 2.45) is 11.8 Å². The van der Waals surface area contributed by atoms with Crippen LogP contribution in [0.15, 0.2) is 54.6 Å². The molecule has 3 heterocycles. The van der Waals surface area contributed by atoms with Crippen LogP contribution in [0.2, 0.25) is 15.1 Å². The van der Waals surface area contributed by atoms with E-state index in [2.05, 4.69) is 10.6 Å². The molecular formula is C30H30Cl3N3O4. The Morgan fingerprint density at radius 3 is 2.40 bits per heavy atom. The molecule has 2 saturated heterocycles. The number of carbonyl (C=O) groups excluding carboxylic acids is 3. The minimum Gasteiger partial charge on any atom is -0.356 e. The maximum atomic E-state index is 14.2. The third kappa shape index (κ3) is 4.61. The highest BCUT2D eigenvalue weighted by Crippen LogP contribution is 2.60. The highest BCUT2D eigenvalue weighted by atomic mass is 35.5. The number of fused-ring (bicyclic) bond motifs is 1. The van der Waals surface area contributed by atoms with Crippen molar-refractivity contribution in [1.29, 1.82) is 0 Å². The summed E-state index contributed by atoms with van der Waals surface area (Å²) < 4.78 is 6.60. The highest BCUT2D eigenvalue weighted by Gasteiger charge is 2.76. The highest BCUT2D eigenvalue weighted by molar-refractivity contribution is 6.42. The molecule has 3 fully saturated rings. The van der Waals surface area contributed by atoms with E-state index >= 15 is 0 Å². The van der Waals surface area contributed by atoms with Crippen LogP contribution in [-0.4, -0.2) is 45.9 Å². The second-order valence-corrected chi connectivity index (χ2v) is 12.6. The summed E-state index contributed by atoms with van der Waals surface area (Å²) in [5, 5.41) is 7.35. The topological polar surface area (TPSA) is 87.7 Å². The number of hydrogen-bond acceptors (Lipinski definition) is 4. The molecule has 0 aromatic heterocycles. The Labute approximate surface area is 248 Å². The van der Waals surface area contributed by atoms with Gasteiger partial charge in [0.05, 0.1) is 27.5 Å². The smallest absolute Gasteiger partial charge is 0.246 e. The predicted octanol–water partition coefficient (Wildman–Crippen LogP) is 5.78. The second-order valence-electron chi connectivity index (χ2n) is 11.4. The van der Waals surface area contributed by atoms with Crippen LogP contribution in [-0.2, 0) is 25.7 Å². The molecule has 2 N–H and O–H groups in total. The second kappa shape index (κ2) is 10.4. The van der Waals surface area contributed by atoms with Gasteiger partial charge in [-0.2, -0.15) is 0 Å². The van der Waals surface area contributed by atoms with Crippen LogP contribution in [0.5, 0.6) is 0 Å². The van der Waals surface area contributed by atoms with Gasteiger partial charge in [0.2, 0.25) is 17.7 Å². The van der Waals surface area contributed by atoms with Gasteiger partial charge in [-0.3, -0.25) is 14.4 Å². The fourth-order valence-corrected chi connectivity index (χ4v) is 7.33. The fourth-order valence-electron chi connectivity index (χ4n) is 6.91. The normalized spacial score (nSPS) is 30.9. The molecule has 2 aromatic rings. The van der Waals surface area contributed by atoms with E-state index in [1.165, 1.54) is 0 Å². The Morgan fingerprint density at radius 2 is 1.70 bits per heavy atom. The van der Waals surface area contributed by atoms with E-state index in [4.69, 9.17) is 39.5 Å². The standard InChI is InChI=1S/C30H30Cl3N3O4/c1-29-13-14-30(40-29)24(23(29)26(37)35-20-11-12-21(32)22(33)15-20)28(39)36(16-17-7-9-18(31)10-8-17)25(30)27(38)34-19-5-3-2-4-6-19/h7-15,19,23-25H,2-6,16H2,1H3,(H,34,38)(H,35,37). The number of ether oxygens (including phenoxy) is 1. The lowest BCUT2D eigenvalue weighted by atomic mass is 9.70. The monoisotopic (exact) mass is 601 g/mol. The minimum absolute atomic E-state index is 0.0519. The van der Waals surface area contributed by atoms with Crippen molar-refractivity contribution in [3.63, 3.8) is 0 Å². The zero-order valence-electron chi connectivity index (χ0n) is 22.0. The Balaban J connectivity index is 1.35. The van der Waals surface area contributed by atoms with Gasteiger partial charge in [0.1, 0.15) is 11.6 Å². The zero-order valence-corrected chi connectivity index (χ0v) is 24.2. The first-order valence-corrected chi connectivity index (χ1v) is 14.8. The molecule has 10 heteroatoms. The molecule has 3 aliphatic heterocycles. The summed E-state index contributed by atoms with van der Waals surface area (Å²) >= 11 is 18.3. The minimum atomic E-state index is -1.27. The van der Waals surface area contributed by atoms with E-state index in [0.717, 1.165) is 37.7 Å². The number of rotatable bonds is 6. The van der Waals surface area contributed by atoms with Crippen molar-refractivity contribution in [2.75, 3.05) is 5.32 Å². The number of carbonyl (C=O) groups is 3. The van der Waals surface area contributed by atoms with Gasteiger partial charge >= 0.3 is 0 Å². The van der Waals surface area contributed by atoms with Crippen LogP contribution in [0, 0.1) is 11.8 Å². The van der Waals surface area contributed by atoms with Gasteiger partial charge in [0.15, 0.2) is 0 Å². The molecule has 2 aromatic carbocycles. The van der Waals surface area contributed by atoms with E-state index in [9.17, 15) is 14.4 Å².